The molecule has 2 nitrogen and oxygen atoms in total. The summed E-state index contributed by atoms with van der Waals surface area (Å²) in [7, 11) is 5.31. The van der Waals surface area contributed by atoms with E-state index in [2.05, 4.69) is 4.98 Å². The number of nitrogens with zero attached hydrogens (tertiary/aromatic N) is 1. The van der Waals surface area contributed by atoms with Crippen LogP contribution < -0.4 is 5.46 Å². The van der Waals surface area contributed by atoms with Crippen LogP contribution in [-0.4, -0.2) is 18.1 Å². The Balaban J connectivity index is 3.00. The Bertz CT molecular complexity index is 246. The third-order valence-corrected chi connectivity index (χ3v) is 1.18. The first kappa shape index (κ1) is 7.28. The fraction of sp³-hybridized carbons (Fsp3) is 0. The number of aromatic nitrogens is 1. The van der Waals surface area contributed by atoms with Crippen molar-refractivity contribution < 1.29 is 4.79 Å². The maximum atomic E-state index is 10.4. The van der Waals surface area contributed by atoms with E-state index in [0.29, 0.717) is 5.46 Å². The van der Waals surface area contributed by atoms with E-state index in [9.17, 15) is 4.79 Å². The predicted octanol–water partition coefficient (Wildman–Crippen LogP) is 0.254. The van der Waals surface area contributed by atoms with Crippen molar-refractivity contribution in [1.29, 1.82) is 0 Å². The van der Waals surface area contributed by atoms with Gasteiger partial charge in [-0.3, -0.25) is 9.78 Å². The highest BCUT2D eigenvalue weighted by Crippen LogP contribution is 1.95. The second-order valence-electron chi connectivity index (χ2n) is 1.75. The molecule has 0 aliphatic carbocycles. The lowest BCUT2D eigenvalue weighted by atomic mass is 9.99. The first-order valence-electron chi connectivity index (χ1n) is 2.61. The summed E-state index contributed by atoms with van der Waals surface area (Å²) in [5, 5.41) is -0.569. The van der Waals surface area contributed by atoms with E-state index in [4.69, 9.17) is 19.4 Å². The molecule has 0 aromatic carbocycles. The van der Waals surface area contributed by atoms with E-state index in [0.717, 1.165) is 0 Å². The molecule has 0 bridgehead atoms. The molecular formula is C6H3BClNO. The number of pyridine rings is 1. The van der Waals surface area contributed by atoms with Gasteiger partial charge in [0.25, 0.3) is 5.24 Å². The van der Waals surface area contributed by atoms with Crippen molar-refractivity contribution in [1.82, 2.24) is 4.98 Å². The van der Waals surface area contributed by atoms with E-state index in [1.165, 1.54) is 12.3 Å². The average molecular weight is 151 g/mol. The molecule has 0 fully saturated rings. The van der Waals surface area contributed by atoms with Gasteiger partial charge in [-0.1, -0.05) is 11.5 Å². The predicted molar refractivity (Wildman–Crippen MR) is 39.8 cm³/mol. The number of carbonyl (C=O) groups excluding carboxylic acids is 1. The summed E-state index contributed by atoms with van der Waals surface area (Å²) in [5.41, 5.74) is 0.734. The Hall–Kier alpha value is -0.825. The maximum Gasteiger partial charge on any atom is 0.270 e. The van der Waals surface area contributed by atoms with Crippen LogP contribution in [0.4, 0.5) is 0 Å². The molecule has 1 rings (SSSR count). The first-order valence-corrected chi connectivity index (χ1v) is 2.99. The van der Waals surface area contributed by atoms with Gasteiger partial charge in [-0.05, 0) is 17.7 Å². The Morgan fingerprint density at radius 3 is 2.70 bits per heavy atom. The molecule has 1 aromatic rings. The van der Waals surface area contributed by atoms with E-state index in [1.54, 1.807) is 6.07 Å². The summed E-state index contributed by atoms with van der Waals surface area (Å²) in [6.07, 6.45) is 1.38. The third kappa shape index (κ3) is 1.58. The number of carbonyl (C=O) groups is 1. The third-order valence-electron chi connectivity index (χ3n) is 0.988. The summed E-state index contributed by atoms with van der Waals surface area (Å²) >= 11 is 5.11. The van der Waals surface area contributed by atoms with Crippen LogP contribution >= 0.6 is 11.6 Å². The monoisotopic (exact) mass is 151 g/mol. The number of halogens is 1. The van der Waals surface area contributed by atoms with E-state index in [1.807, 2.05) is 0 Å². The molecule has 1 heterocycles. The minimum atomic E-state index is -0.569. The van der Waals surface area contributed by atoms with Crippen LogP contribution in [0.5, 0.6) is 0 Å². The lowest BCUT2D eigenvalue weighted by Gasteiger charge is -1.91. The van der Waals surface area contributed by atoms with Gasteiger partial charge in [0.1, 0.15) is 13.5 Å². The molecule has 0 unspecified atom stereocenters. The van der Waals surface area contributed by atoms with Gasteiger partial charge in [-0.25, -0.2) is 0 Å². The maximum absolute atomic E-state index is 10.4. The smallest absolute Gasteiger partial charge is 0.270 e. The van der Waals surface area contributed by atoms with Gasteiger partial charge in [-0.15, -0.1) is 0 Å². The second-order valence-corrected chi connectivity index (χ2v) is 2.09. The minimum Gasteiger partial charge on any atom is -0.274 e. The molecule has 2 radical (unpaired) electrons. The molecule has 0 atom stereocenters. The standard InChI is InChI=1S/C6H3BClNO/c7-4-1-2-5(6(8)10)9-3-4/h1-3H. The molecule has 0 aliphatic heterocycles. The van der Waals surface area contributed by atoms with Gasteiger partial charge in [0.2, 0.25) is 0 Å². The number of rotatable bonds is 1. The van der Waals surface area contributed by atoms with Crippen molar-refractivity contribution in [3.05, 3.63) is 24.0 Å². The first-order chi connectivity index (χ1) is 4.70. The van der Waals surface area contributed by atoms with Gasteiger partial charge in [0, 0.05) is 6.20 Å². The molecule has 0 amide bonds. The molecule has 0 saturated heterocycles. The molecule has 48 valence electrons. The fourth-order valence-corrected chi connectivity index (χ4v) is 0.633. The van der Waals surface area contributed by atoms with Crippen molar-refractivity contribution in [3.63, 3.8) is 0 Å². The Labute approximate surface area is 64.6 Å². The molecule has 0 spiro atoms. The highest BCUT2D eigenvalue weighted by atomic mass is 35.5. The highest BCUT2D eigenvalue weighted by Gasteiger charge is 1.99. The SMILES string of the molecule is [B]c1ccc(C(=O)Cl)nc1. The average Bonchev–Trinajstić information content (AvgIpc) is 1.88. The van der Waals surface area contributed by atoms with Crippen molar-refractivity contribution in [2.45, 2.75) is 0 Å². The van der Waals surface area contributed by atoms with Crippen molar-refractivity contribution in [2.24, 2.45) is 0 Å². The normalized spacial score (nSPS) is 9.30. The topological polar surface area (TPSA) is 30.0 Å². The zero-order valence-corrected chi connectivity index (χ0v) is 5.80. The molecule has 0 N–H and O–H groups in total. The van der Waals surface area contributed by atoms with E-state index < -0.39 is 5.24 Å². The van der Waals surface area contributed by atoms with Crippen molar-refractivity contribution in [3.8, 4) is 0 Å². The van der Waals surface area contributed by atoms with Crippen LogP contribution in [0.2, 0.25) is 0 Å². The highest BCUT2D eigenvalue weighted by molar-refractivity contribution is 6.67. The lowest BCUT2D eigenvalue weighted by Crippen LogP contribution is -2.04. The molecule has 10 heavy (non-hydrogen) atoms. The van der Waals surface area contributed by atoms with Gasteiger partial charge >= 0.3 is 0 Å². The quantitative estimate of drug-likeness (QED) is 0.425. The van der Waals surface area contributed by atoms with Gasteiger partial charge in [0.05, 0.1) is 0 Å². The van der Waals surface area contributed by atoms with Crippen molar-refractivity contribution in [2.75, 3.05) is 0 Å². The molecular weight excluding hydrogens is 148 g/mol. The molecule has 0 aliphatic rings. The fourth-order valence-electron chi connectivity index (χ4n) is 0.522. The van der Waals surface area contributed by atoms with Crippen LogP contribution in [0.25, 0.3) is 0 Å². The summed E-state index contributed by atoms with van der Waals surface area (Å²) in [6.45, 7) is 0. The summed E-state index contributed by atoms with van der Waals surface area (Å²) in [6, 6.07) is 3.05. The lowest BCUT2D eigenvalue weighted by molar-refractivity contribution is 0.107. The Morgan fingerprint density at radius 2 is 2.30 bits per heavy atom. The van der Waals surface area contributed by atoms with E-state index >= 15 is 0 Å². The minimum absolute atomic E-state index is 0.218. The van der Waals surface area contributed by atoms with Gasteiger partial charge in [0.15, 0.2) is 0 Å². The Morgan fingerprint density at radius 1 is 1.60 bits per heavy atom. The van der Waals surface area contributed by atoms with Gasteiger partial charge in [-0.2, -0.15) is 0 Å². The summed E-state index contributed by atoms with van der Waals surface area (Å²) < 4.78 is 0. The molecule has 1 aromatic heterocycles. The van der Waals surface area contributed by atoms with Crippen molar-refractivity contribution >= 4 is 30.2 Å². The molecule has 0 saturated carbocycles. The number of hydrogen-bond acceptors (Lipinski definition) is 2. The summed E-state index contributed by atoms with van der Waals surface area (Å²) in [4.78, 5) is 14.1. The van der Waals surface area contributed by atoms with E-state index in [-0.39, 0.29) is 5.69 Å². The van der Waals surface area contributed by atoms with Crippen LogP contribution in [0.3, 0.4) is 0 Å². The van der Waals surface area contributed by atoms with Crippen LogP contribution in [0.15, 0.2) is 18.3 Å². The van der Waals surface area contributed by atoms with Crippen LogP contribution in [0.1, 0.15) is 10.5 Å². The Kier molecular flexibility index (Phi) is 2.07. The van der Waals surface area contributed by atoms with Crippen LogP contribution in [-0.2, 0) is 0 Å². The molecule has 4 heteroatoms. The largest absolute Gasteiger partial charge is 0.274 e. The summed E-state index contributed by atoms with van der Waals surface area (Å²) in [5.74, 6) is 0. The van der Waals surface area contributed by atoms with Crippen LogP contribution in [0, 0.1) is 0 Å². The van der Waals surface area contributed by atoms with Gasteiger partial charge < -0.3 is 0 Å². The zero-order chi connectivity index (χ0) is 7.56. The zero-order valence-electron chi connectivity index (χ0n) is 5.04. The number of hydrogen-bond donors (Lipinski definition) is 0. The second kappa shape index (κ2) is 2.84.